The molecular weight excluding hydrogens is 220 g/mol. The SMILES string of the molecule is C[C@H](O)C(Cc1ccccc1)Cc1ccccc1. The third-order valence-electron chi connectivity index (χ3n) is 3.36. The van der Waals surface area contributed by atoms with Crippen molar-refractivity contribution in [3.8, 4) is 0 Å². The third kappa shape index (κ3) is 3.71. The molecule has 0 aliphatic rings. The first-order valence-electron chi connectivity index (χ1n) is 6.51. The van der Waals surface area contributed by atoms with Gasteiger partial charge in [0.05, 0.1) is 6.10 Å². The van der Waals surface area contributed by atoms with Crippen LogP contribution in [0.4, 0.5) is 0 Å². The first kappa shape index (κ1) is 12.8. The van der Waals surface area contributed by atoms with Crippen LogP contribution in [-0.4, -0.2) is 11.2 Å². The molecule has 1 N–H and O–H groups in total. The second kappa shape index (κ2) is 6.36. The van der Waals surface area contributed by atoms with Gasteiger partial charge >= 0.3 is 0 Å². The van der Waals surface area contributed by atoms with Gasteiger partial charge in [-0.05, 0) is 36.8 Å². The van der Waals surface area contributed by atoms with Gasteiger partial charge in [0.1, 0.15) is 0 Å². The highest BCUT2D eigenvalue weighted by molar-refractivity contribution is 5.18. The van der Waals surface area contributed by atoms with Crippen LogP contribution in [0.1, 0.15) is 18.1 Å². The van der Waals surface area contributed by atoms with Gasteiger partial charge in [-0.1, -0.05) is 60.7 Å². The molecule has 18 heavy (non-hydrogen) atoms. The van der Waals surface area contributed by atoms with Crippen molar-refractivity contribution < 1.29 is 5.11 Å². The van der Waals surface area contributed by atoms with Crippen molar-refractivity contribution >= 4 is 0 Å². The maximum Gasteiger partial charge on any atom is 0.0546 e. The standard InChI is InChI=1S/C17H20O/c1-14(18)17(12-15-8-4-2-5-9-15)13-16-10-6-3-7-11-16/h2-11,14,17-18H,12-13H2,1H3/t14-/m0/s1. The Labute approximate surface area is 109 Å². The van der Waals surface area contributed by atoms with Crippen LogP contribution in [0.15, 0.2) is 60.7 Å². The number of benzene rings is 2. The normalized spacial score (nSPS) is 12.6. The zero-order valence-corrected chi connectivity index (χ0v) is 10.8. The molecule has 0 aliphatic heterocycles. The number of hydrogen-bond acceptors (Lipinski definition) is 1. The molecule has 0 fully saturated rings. The van der Waals surface area contributed by atoms with Crippen molar-refractivity contribution in [1.82, 2.24) is 0 Å². The zero-order valence-electron chi connectivity index (χ0n) is 10.8. The van der Waals surface area contributed by atoms with E-state index in [0.29, 0.717) is 0 Å². The molecule has 2 aromatic carbocycles. The highest BCUT2D eigenvalue weighted by Crippen LogP contribution is 2.18. The van der Waals surface area contributed by atoms with Gasteiger partial charge in [0.2, 0.25) is 0 Å². The summed E-state index contributed by atoms with van der Waals surface area (Å²) in [5, 5.41) is 9.93. The summed E-state index contributed by atoms with van der Waals surface area (Å²) in [4.78, 5) is 0. The Morgan fingerprint density at radius 2 is 1.17 bits per heavy atom. The first-order valence-corrected chi connectivity index (χ1v) is 6.51. The van der Waals surface area contributed by atoms with Crippen LogP contribution >= 0.6 is 0 Å². The van der Waals surface area contributed by atoms with Gasteiger partial charge in [-0.3, -0.25) is 0 Å². The van der Waals surface area contributed by atoms with Crippen LogP contribution < -0.4 is 0 Å². The highest BCUT2D eigenvalue weighted by Gasteiger charge is 2.16. The maximum atomic E-state index is 9.93. The molecule has 0 unspecified atom stereocenters. The molecule has 0 radical (unpaired) electrons. The Balaban J connectivity index is 2.05. The number of rotatable bonds is 5. The molecule has 0 spiro atoms. The number of hydrogen-bond donors (Lipinski definition) is 1. The smallest absolute Gasteiger partial charge is 0.0546 e. The van der Waals surface area contributed by atoms with Crippen molar-refractivity contribution in [2.75, 3.05) is 0 Å². The van der Waals surface area contributed by atoms with Crippen LogP contribution in [0.2, 0.25) is 0 Å². The molecule has 0 saturated heterocycles. The topological polar surface area (TPSA) is 20.2 Å². The molecular formula is C17H20O. The van der Waals surface area contributed by atoms with Gasteiger partial charge < -0.3 is 5.11 Å². The summed E-state index contributed by atoms with van der Waals surface area (Å²) in [6, 6.07) is 20.8. The lowest BCUT2D eigenvalue weighted by Gasteiger charge is -2.20. The van der Waals surface area contributed by atoms with E-state index in [-0.39, 0.29) is 12.0 Å². The van der Waals surface area contributed by atoms with Crippen LogP contribution in [0.5, 0.6) is 0 Å². The summed E-state index contributed by atoms with van der Waals surface area (Å²) in [6.07, 6.45) is 1.56. The quantitative estimate of drug-likeness (QED) is 0.848. The summed E-state index contributed by atoms with van der Waals surface area (Å²) in [7, 11) is 0. The van der Waals surface area contributed by atoms with E-state index < -0.39 is 0 Å². The molecule has 2 rings (SSSR count). The minimum atomic E-state index is -0.287. The van der Waals surface area contributed by atoms with E-state index in [1.54, 1.807) is 0 Å². The van der Waals surface area contributed by atoms with Crippen LogP contribution in [0.3, 0.4) is 0 Å². The Kier molecular flexibility index (Phi) is 4.54. The predicted octanol–water partition coefficient (Wildman–Crippen LogP) is 3.47. The van der Waals surface area contributed by atoms with Crippen LogP contribution in [-0.2, 0) is 12.8 Å². The molecule has 0 aliphatic carbocycles. The van der Waals surface area contributed by atoms with Gasteiger partial charge in [-0.25, -0.2) is 0 Å². The molecule has 1 nitrogen and oxygen atoms in total. The minimum absolute atomic E-state index is 0.273. The Bertz CT molecular complexity index is 406. The van der Waals surface area contributed by atoms with E-state index in [9.17, 15) is 5.11 Å². The van der Waals surface area contributed by atoms with Gasteiger partial charge in [0, 0.05) is 0 Å². The van der Waals surface area contributed by atoms with Crippen LogP contribution in [0.25, 0.3) is 0 Å². The molecule has 2 aromatic rings. The van der Waals surface area contributed by atoms with Gasteiger partial charge in [0.25, 0.3) is 0 Å². The lowest BCUT2D eigenvalue weighted by atomic mass is 9.89. The number of aliphatic hydroxyl groups excluding tert-OH is 1. The van der Waals surface area contributed by atoms with Gasteiger partial charge in [-0.2, -0.15) is 0 Å². The van der Waals surface area contributed by atoms with E-state index in [2.05, 4.69) is 48.5 Å². The van der Waals surface area contributed by atoms with E-state index in [4.69, 9.17) is 0 Å². The van der Waals surface area contributed by atoms with E-state index in [1.165, 1.54) is 11.1 Å². The summed E-state index contributed by atoms with van der Waals surface area (Å²) < 4.78 is 0. The fraction of sp³-hybridized carbons (Fsp3) is 0.294. The predicted molar refractivity (Wildman–Crippen MR) is 75.5 cm³/mol. The molecule has 0 amide bonds. The van der Waals surface area contributed by atoms with Gasteiger partial charge in [0.15, 0.2) is 0 Å². The van der Waals surface area contributed by atoms with E-state index in [1.807, 2.05) is 19.1 Å². The fourth-order valence-electron chi connectivity index (χ4n) is 2.25. The molecule has 0 aromatic heterocycles. The van der Waals surface area contributed by atoms with Gasteiger partial charge in [-0.15, -0.1) is 0 Å². The average Bonchev–Trinajstić information content (AvgIpc) is 2.40. The summed E-state index contributed by atoms with van der Waals surface area (Å²) in [5.41, 5.74) is 2.58. The molecule has 0 saturated carbocycles. The average molecular weight is 240 g/mol. The van der Waals surface area contributed by atoms with Crippen molar-refractivity contribution in [1.29, 1.82) is 0 Å². The first-order chi connectivity index (χ1) is 8.75. The summed E-state index contributed by atoms with van der Waals surface area (Å²) in [5.74, 6) is 0.273. The maximum absolute atomic E-state index is 9.93. The zero-order chi connectivity index (χ0) is 12.8. The molecule has 1 atom stereocenters. The Morgan fingerprint density at radius 3 is 1.50 bits per heavy atom. The Morgan fingerprint density at radius 1 is 0.778 bits per heavy atom. The van der Waals surface area contributed by atoms with Crippen LogP contribution in [0, 0.1) is 5.92 Å². The second-order valence-corrected chi connectivity index (χ2v) is 4.88. The van der Waals surface area contributed by atoms with Crippen molar-refractivity contribution in [3.05, 3.63) is 71.8 Å². The monoisotopic (exact) mass is 240 g/mol. The van der Waals surface area contributed by atoms with Crippen molar-refractivity contribution in [2.45, 2.75) is 25.9 Å². The highest BCUT2D eigenvalue weighted by atomic mass is 16.3. The lowest BCUT2D eigenvalue weighted by molar-refractivity contribution is 0.125. The third-order valence-corrected chi connectivity index (χ3v) is 3.36. The minimum Gasteiger partial charge on any atom is -0.393 e. The molecule has 94 valence electrons. The van der Waals surface area contributed by atoms with E-state index in [0.717, 1.165) is 12.8 Å². The Hall–Kier alpha value is -1.60. The largest absolute Gasteiger partial charge is 0.393 e. The summed E-state index contributed by atoms with van der Waals surface area (Å²) >= 11 is 0. The molecule has 1 heteroatoms. The summed E-state index contributed by atoms with van der Waals surface area (Å²) in [6.45, 7) is 1.89. The van der Waals surface area contributed by atoms with E-state index >= 15 is 0 Å². The second-order valence-electron chi connectivity index (χ2n) is 4.88. The number of aliphatic hydroxyl groups is 1. The van der Waals surface area contributed by atoms with Crippen molar-refractivity contribution in [3.63, 3.8) is 0 Å². The lowest BCUT2D eigenvalue weighted by Crippen LogP contribution is -2.21. The molecule has 0 bridgehead atoms. The van der Waals surface area contributed by atoms with Crippen molar-refractivity contribution in [2.24, 2.45) is 5.92 Å². The fourth-order valence-corrected chi connectivity index (χ4v) is 2.25. The molecule has 0 heterocycles.